The van der Waals surface area contributed by atoms with Gasteiger partial charge in [0.15, 0.2) is 22.5 Å². The van der Waals surface area contributed by atoms with Gasteiger partial charge in [-0.2, -0.15) is 18.4 Å². The molecule has 0 spiro atoms. The van der Waals surface area contributed by atoms with Gasteiger partial charge in [-0.05, 0) is 105 Å². The molecule has 2 fully saturated rings. The van der Waals surface area contributed by atoms with Crippen molar-refractivity contribution in [1.29, 1.82) is 5.26 Å². The molecule has 2 atom stereocenters. The van der Waals surface area contributed by atoms with Gasteiger partial charge in [0.1, 0.15) is 36.4 Å². The number of nitrogens with one attached hydrogen (secondary N) is 2. The minimum absolute atomic E-state index is 0.107. The molecule has 71 heavy (non-hydrogen) atoms. The van der Waals surface area contributed by atoms with Crippen molar-refractivity contribution >= 4 is 63.7 Å². The van der Waals surface area contributed by atoms with E-state index in [0.29, 0.717) is 35.5 Å². The molecule has 14 nitrogen and oxygen atoms in total. The minimum Gasteiger partial charge on any atom is -0.488 e. The van der Waals surface area contributed by atoms with Crippen molar-refractivity contribution in [2.45, 2.75) is 84.7 Å². The number of hydrogen-bond acceptors (Lipinski definition) is 11. The van der Waals surface area contributed by atoms with E-state index in [0.717, 1.165) is 33.8 Å². The molecule has 2 saturated heterocycles. The number of hydrogen-bond donors (Lipinski definition) is 2. The van der Waals surface area contributed by atoms with Crippen LogP contribution in [0.2, 0.25) is 0 Å². The second kappa shape index (κ2) is 20.8. The van der Waals surface area contributed by atoms with Crippen molar-refractivity contribution in [2.75, 3.05) is 36.2 Å². The van der Waals surface area contributed by atoms with E-state index in [4.69, 9.17) is 21.7 Å². The fraction of sp³-hybridized carbons (Fsp3) is 0.360. The van der Waals surface area contributed by atoms with Gasteiger partial charge in [-0.25, -0.2) is 13.8 Å². The number of ether oxygens (including phenoxy) is 2. The zero-order valence-electron chi connectivity index (χ0n) is 39.4. The van der Waals surface area contributed by atoms with Gasteiger partial charge in [0.05, 0.1) is 57.6 Å². The monoisotopic (exact) mass is 1020 g/mol. The summed E-state index contributed by atoms with van der Waals surface area (Å²) < 4.78 is 83.2. The van der Waals surface area contributed by atoms with Crippen LogP contribution in [0.25, 0.3) is 21.7 Å². The zero-order chi connectivity index (χ0) is 51.6. The van der Waals surface area contributed by atoms with Gasteiger partial charge in [0.25, 0.3) is 5.91 Å². The van der Waals surface area contributed by atoms with Crippen LogP contribution >= 0.6 is 23.6 Å². The Morgan fingerprint density at radius 2 is 1.72 bits per heavy atom. The average Bonchev–Trinajstić information content (AvgIpc) is 4.03. The number of aromatic nitrogens is 2. The number of nitrogens with zero attached hydrogens (tertiary/aromatic N) is 6. The zero-order valence-corrected chi connectivity index (χ0v) is 41.1. The molecule has 2 aliphatic rings. The molecule has 2 unspecified atom stereocenters. The molecule has 7 rings (SSSR count). The van der Waals surface area contributed by atoms with Gasteiger partial charge in [-0.15, -0.1) is 11.3 Å². The molecule has 21 heteroatoms. The molecule has 4 amide bonds. The molecule has 0 bridgehead atoms. The van der Waals surface area contributed by atoms with Crippen molar-refractivity contribution in [3.8, 4) is 33.5 Å². The van der Waals surface area contributed by atoms with Crippen molar-refractivity contribution in [1.82, 2.24) is 25.5 Å². The number of thiazole rings is 1. The van der Waals surface area contributed by atoms with Crippen LogP contribution in [0.4, 0.5) is 33.3 Å². The number of halogens is 5. The summed E-state index contributed by atoms with van der Waals surface area (Å²) >= 11 is 7.06. The van der Waals surface area contributed by atoms with Crippen LogP contribution in [-0.4, -0.2) is 87.6 Å². The third kappa shape index (κ3) is 11.0. The second-order valence-corrected chi connectivity index (χ2v) is 19.7. The van der Waals surface area contributed by atoms with Crippen molar-refractivity contribution in [2.24, 2.45) is 5.41 Å². The lowest BCUT2D eigenvalue weighted by Gasteiger charge is -2.35. The highest BCUT2D eigenvalue weighted by Gasteiger charge is 2.52. The van der Waals surface area contributed by atoms with Gasteiger partial charge in [-0.3, -0.25) is 29.1 Å². The molecule has 4 heterocycles. The number of amides is 4. The lowest BCUT2D eigenvalue weighted by molar-refractivity contribution is -0.144. The highest BCUT2D eigenvalue weighted by molar-refractivity contribution is 7.81. The quantitative estimate of drug-likeness (QED) is 0.0586. The Bertz CT molecular complexity index is 2900. The molecular weight excluding hydrogens is 968 g/mol. The summed E-state index contributed by atoms with van der Waals surface area (Å²) in [6.45, 7) is 10.3. The lowest BCUT2D eigenvalue weighted by Crippen LogP contribution is -2.58. The number of pyridine rings is 1. The highest BCUT2D eigenvalue weighted by atomic mass is 32.1. The molecule has 0 aliphatic carbocycles. The topological polar surface area (TPSA) is 170 Å². The number of alkyl halides is 3. The molecule has 372 valence electrons. The number of anilines is 2. The average molecular weight is 1020 g/mol. The molecule has 5 aromatic rings. The van der Waals surface area contributed by atoms with E-state index in [1.54, 1.807) is 22.9 Å². The van der Waals surface area contributed by atoms with E-state index < -0.39 is 76.1 Å². The number of rotatable bonds is 15. The highest BCUT2D eigenvalue weighted by Crippen LogP contribution is 2.42. The van der Waals surface area contributed by atoms with Crippen LogP contribution in [0.3, 0.4) is 0 Å². The molecule has 0 saturated carbocycles. The predicted molar refractivity (Wildman–Crippen MR) is 259 cm³/mol. The van der Waals surface area contributed by atoms with E-state index in [9.17, 15) is 37.6 Å². The summed E-state index contributed by atoms with van der Waals surface area (Å²) in [5.41, 5.74) is -0.208. The Morgan fingerprint density at radius 1 is 1.00 bits per heavy atom. The number of aryl methyl sites for hydroxylation is 1. The first kappa shape index (κ1) is 51.9. The number of benzene rings is 3. The smallest absolute Gasteiger partial charge is 0.420 e. The number of thiocarbonyl (C=S) groups is 1. The Hall–Kier alpha value is -6.89. The third-order valence-electron chi connectivity index (χ3n) is 12.1. The summed E-state index contributed by atoms with van der Waals surface area (Å²) in [7, 11) is 0. The maximum Gasteiger partial charge on any atom is 0.420 e. The fourth-order valence-corrected chi connectivity index (χ4v) is 9.70. The van der Waals surface area contributed by atoms with E-state index in [1.165, 1.54) is 60.2 Å². The molecular formula is C50H49F5N8O6S2. The van der Waals surface area contributed by atoms with E-state index >= 15 is 8.78 Å². The van der Waals surface area contributed by atoms with Crippen LogP contribution in [0.1, 0.15) is 69.8 Å². The summed E-state index contributed by atoms with van der Waals surface area (Å²) in [5.74, 6) is -4.74. The Balaban J connectivity index is 0.895. The first-order valence-corrected chi connectivity index (χ1v) is 23.6. The van der Waals surface area contributed by atoms with Gasteiger partial charge in [0, 0.05) is 18.7 Å². The molecule has 0 radical (unpaired) electrons. The first-order valence-electron chi connectivity index (χ1n) is 22.3. The molecule has 2 aromatic heterocycles. The Morgan fingerprint density at radius 3 is 2.34 bits per heavy atom. The van der Waals surface area contributed by atoms with Crippen LogP contribution in [0.5, 0.6) is 5.75 Å². The largest absolute Gasteiger partial charge is 0.488 e. The summed E-state index contributed by atoms with van der Waals surface area (Å²) in [6.07, 6.45) is -2.80. The number of carbonyl (C=O) groups is 4. The van der Waals surface area contributed by atoms with Crippen molar-refractivity contribution in [3.63, 3.8) is 0 Å². The summed E-state index contributed by atoms with van der Waals surface area (Å²) in [5, 5.41) is 14.6. The van der Waals surface area contributed by atoms with Crippen LogP contribution < -0.4 is 25.2 Å². The molecule has 3 aromatic carbocycles. The number of carbonyl (C=O) groups excluding carboxylic acids is 4. The predicted octanol–water partition coefficient (Wildman–Crippen LogP) is 8.50. The summed E-state index contributed by atoms with van der Waals surface area (Å²) in [6, 6.07) is 16.3. The van der Waals surface area contributed by atoms with Crippen LogP contribution in [0.15, 0.2) is 78.4 Å². The fourth-order valence-electron chi connectivity index (χ4n) is 8.37. The molecule has 2 aliphatic heterocycles. The van der Waals surface area contributed by atoms with Gasteiger partial charge in [0.2, 0.25) is 17.7 Å². The van der Waals surface area contributed by atoms with E-state index in [2.05, 4.69) is 20.6 Å². The normalized spacial score (nSPS) is 16.3. The maximum absolute atomic E-state index is 15.4. The lowest BCUT2D eigenvalue weighted by atomic mass is 9.85. The van der Waals surface area contributed by atoms with Crippen molar-refractivity contribution < 1.29 is 50.6 Å². The molecule has 2 N–H and O–H groups in total. The summed E-state index contributed by atoms with van der Waals surface area (Å²) in [4.78, 5) is 67.3. The van der Waals surface area contributed by atoms with E-state index in [1.807, 2.05) is 52.0 Å². The van der Waals surface area contributed by atoms with Gasteiger partial charge in [-0.1, -0.05) is 45.0 Å². The van der Waals surface area contributed by atoms with Gasteiger partial charge < -0.3 is 29.9 Å². The maximum atomic E-state index is 15.4. The third-order valence-corrected chi connectivity index (χ3v) is 13.4. The van der Waals surface area contributed by atoms with Gasteiger partial charge >= 0.3 is 6.18 Å². The number of nitriles is 1. The second-order valence-electron chi connectivity index (χ2n) is 18.4. The number of likely N-dealkylation sites (tertiary alicyclic amines) is 1. The first-order chi connectivity index (χ1) is 33.5. The standard InChI is InChI=1S/C50H49F5N8O6S2/c1-28-42(71-27-59-28)30-11-9-29(10-12-30)24-58-44(65)37-8-7-19-61(37)45(66)43(48(2,3)4)60-39(64)26-68-20-21-69-38-18-14-31(22-34(38)51)35-16-15-33(25-57-35)63-47(70)62(46(67)49(63,5)6)36-17-13-32(23-56)40(41(36)52)50(53,54)55/h9-18,22,25,27,37,43H,7-8,19-21,24,26H2,1-6H3,(H,58,65)(H,60,64). The van der Waals surface area contributed by atoms with Crippen LogP contribution in [0, 0.1) is 35.3 Å². The Labute approximate surface area is 415 Å². The minimum atomic E-state index is -5.23. The SMILES string of the molecule is Cc1ncsc1-c1ccc(CNC(=O)C2CCCN2C(=O)C(NC(=O)COCCOc2ccc(-c3ccc(N4C(=S)N(c5ccc(C#N)c(C(F)(F)F)c5F)C(=O)C4(C)C)cn3)cc2F)C(C)(C)C)cc1. The van der Waals surface area contributed by atoms with E-state index in [-0.39, 0.29) is 48.1 Å². The Kier molecular flexibility index (Phi) is 15.2. The van der Waals surface area contributed by atoms with Crippen molar-refractivity contribution in [3.05, 3.63) is 112 Å². The van der Waals surface area contributed by atoms with Crippen LogP contribution in [-0.2, 0) is 36.6 Å².